The van der Waals surface area contributed by atoms with Crippen molar-refractivity contribution in [2.45, 2.75) is 24.7 Å². The molecule has 2 rings (SSSR count). The maximum Gasteiger partial charge on any atom is 0.243 e. The van der Waals surface area contributed by atoms with Gasteiger partial charge in [-0.25, -0.2) is 8.42 Å². The summed E-state index contributed by atoms with van der Waals surface area (Å²) in [6.07, 6.45) is 1.90. The Kier molecular flexibility index (Phi) is 6.47. The Balaban J connectivity index is 0.00000200. The molecule has 0 aromatic heterocycles. The molecule has 0 amide bonds. The van der Waals surface area contributed by atoms with E-state index in [1.165, 1.54) is 0 Å². The maximum absolute atomic E-state index is 12.6. The third kappa shape index (κ3) is 3.74. The molecule has 4 nitrogen and oxygen atoms in total. The lowest BCUT2D eigenvalue weighted by Crippen LogP contribution is -2.41. The first-order valence-corrected chi connectivity index (χ1v) is 8.65. The van der Waals surface area contributed by atoms with Gasteiger partial charge in [0.2, 0.25) is 10.0 Å². The molecule has 7 heteroatoms. The summed E-state index contributed by atoms with van der Waals surface area (Å²) in [6.45, 7) is 3.56. The highest BCUT2D eigenvalue weighted by Crippen LogP contribution is 2.26. The largest absolute Gasteiger partial charge is 0.330 e. The predicted octanol–water partition coefficient (Wildman–Crippen LogP) is 2.54. The molecule has 1 aliphatic rings. The molecule has 1 aliphatic heterocycles. The van der Waals surface area contributed by atoms with Crippen molar-refractivity contribution in [2.75, 3.05) is 19.6 Å². The number of rotatable bonds is 3. The van der Waals surface area contributed by atoms with Crippen LogP contribution in [0.25, 0.3) is 0 Å². The van der Waals surface area contributed by atoms with Crippen LogP contribution in [-0.4, -0.2) is 32.4 Å². The van der Waals surface area contributed by atoms with E-state index >= 15 is 0 Å². The number of nitrogens with zero attached hydrogens (tertiary/aromatic N) is 1. The Morgan fingerprint density at radius 3 is 2.75 bits per heavy atom. The third-order valence-electron chi connectivity index (χ3n) is 3.58. The van der Waals surface area contributed by atoms with E-state index in [-0.39, 0.29) is 18.3 Å². The second-order valence-electron chi connectivity index (χ2n) is 5.02. The quantitative estimate of drug-likeness (QED) is 0.872. The van der Waals surface area contributed by atoms with E-state index in [2.05, 4.69) is 15.9 Å². The second kappa shape index (κ2) is 7.22. The number of benzene rings is 1. The molecule has 1 unspecified atom stereocenters. The summed E-state index contributed by atoms with van der Waals surface area (Å²) >= 11 is 3.39. The topological polar surface area (TPSA) is 63.4 Å². The van der Waals surface area contributed by atoms with E-state index in [9.17, 15) is 8.42 Å². The lowest BCUT2D eigenvalue weighted by atomic mass is 10.0. The van der Waals surface area contributed by atoms with E-state index < -0.39 is 10.0 Å². The molecule has 2 N–H and O–H groups in total. The minimum Gasteiger partial charge on any atom is -0.330 e. The van der Waals surface area contributed by atoms with Gasteiger partial charge in [0, 0.05) is 17.6 Å². The summed E-state index contributed by atoms with van der Waals surface area (Å²) < 4.78 is 27.7. The Hall–Kier alpha value is -0.140. The molecule has 0 saturated carbocycles. The van der Waals surface area contributed by atoms with Crippen LogP contribution in [0.3, 0.4) is 0 Å². The molecule has 1 aromatic rings. The molecule has 1 atom stereocenters. The first-order chi connectivity index (χ1) is 8.95. The van der Waals surface area contributed by atoms with Crippen molar-refractivity contribution in [3.8, 4) is 0 Å². The summed E-state index contributed by atoms with van der Waals surface area (Å²) in [5.41, 5.74) is 6.59. The van der Waals surface area contributed by atoms with Crippen molar-refractivity contribution in [3.63, 3.8) is 0 Å². The number of sulfonamides is 1. The van der Waals surface area contributed by atoms with Gasteiger partial charge in [0.1, 0.15) is 0 Å². The summed E-state index contributed by atoms with van der Waals surface area (Å²) in [5, 5.41) is 0. The zero-order valence-electron chi connectivity index (χ0n) is 11.4. The average molecular weight is 384 g/mol. The van der Waals surface area contributed by atoms with Crippen LogP contribution in [0.4, 0.5) is 0 Å². The van der Waals surface area contributed by atoms with Crippen LogP contribution < -0.4 is 5.73 Å². The molecule has 1 aromatic carbocycles. The van der Waals surface area contributed by atoms with Crippen molar-refractivity contribution in [1.29, 1.82) is 0 Å². The second-order valence-corrected chi connectivity index (χ2v) is 7.81. The minimum absolute atomic E-state index is 0. The number of aryl methyl sites for hydroxylation is 1. The van der Waals surface area contributed by atoms with Gasteiger partial charge in [0.15, 0.2) is 0 Å². The highest BCUT2D eigenvalue weighted by atomic mass is 79.9. The smallest absolute Gasteiger partial charge is 0.243 e. The van der Waals surface area contributed by atoms with Crippen molar-refractivity contribution in [2.24, 2.45) is 11.7 Å². The highest BCUT2D eigenvalue weighted by Gasteiger charge is 2.29. The number of hydrogen-bond donors (Lipinski definition) is 1. The summed E-state index contributed by atoms with van der Waals surface area (Å²) in [4.78, 5) is 0.367. The van der Waals surface area contributed by atoms with Crippen LogP contribution in [-0.2, 0) is 10.0 Å². The van der Waals surface area contributed by atoms with Crippen molar-refractivity contribution >= 4 is 38.4 Å². The Morgan fingerprint density at radius 2 is 2.15 bits per heavy atom. The summed E-state index contributed by atoms with van der Waals surface area (Å²) in [6, 6.07) is 5.15. The predicted molar refractivity (Wildman–Crippen MR) is 86.7 cm³/mol. The Labute approximate surface area is 135 Å². The first kappa shape index (κ1) is 17.9. The van der Waals surface area contributed by atoms with E-state index in [1.54, 1.807) is 22.5 Å². The maximum atomic E-state index is 12.6. The molecular formula is C13H20BrClN2O2S. The van der Waals surface area contributed by atoms with Gasteiger partial charge < -0.3 is 5.73 Å². The normalized spacial score (nSPS) is 20.4. The summed E-state index contributed by atoms with van der Waals surface area (Å²) in [7, 11) is -3.39. The van der Waals surface area contributed by atoms with E-state index in [0.717, 1.165) is 22.9 Å². The number of hydrogen-bond acceptors (Lipinski definition) is 3. The van der Waals surface area contributed by atoms with E-state index in [1.807, 2.05) is 6.92 Å². The molecule has 1 saturated heterocycles. The molecule has 1 fully saturated rings. The molecule has 20 heavy (non-hydrogen) atoms. The van der Waals surface area contributed by atoms with Gasteiger partial charge >= 0.3 is 0 Å². The van der Waals surface area contributed by atoms with E-state index in [0.29, 0.717) is 24.5 Å². The molecule has 0 spiro atoms. The van der Waals surface area contributed by atoms with E-state index in [4.69, 9.17) is 5.73 Å². The zero-order valence-corrected chi connectivity index (χ0v) is 14.6. The Bertz CT molecular complexity index is 565. The molecule has 0 aliphatic carbocycles. The van der Waals surface area contributed by atoms with Crippen LogP contribution in [0.5, 0.6) is 0 Å². The zero-order chi connectivity index (χ0) is 14.0. The van der Waals surface area contributed by atoms with Crippen LogP contribution in [0.2, 0.25) is 0 Å². The molecule has 0 radical (unpaired) electrons. The molecular weight excluding hydrogens is 364 g/mol. The number of nitrogens with two attached hydrogens (primary N) is 1. The molecule has 1 heterocycles. The summed E-state index contributed by atoms with van der Waals surface area (Å²) in [5.74, 6) is 0.278. The standard InChI is InChI=1S/C13H19BrN2O2S.ClH/c1-10-7-12(4-5-13(10)14)19(17,18)16-6-2-3-11(8-15)9-16;/h4-5,7,11H,2-3,6,8-9,15H2,1H3;1H. The fourth-order valence-electron chi connectivity index (χ4n) is 2.36. The van der Waals surface area contributed by atoms with Gasteiger partial charge in [-0.2, -0.15) is 4.31 Å². The van der Waals surface area contributed by atoms with Crippen LogP contribution >= 0.6 is 28.3 Å². The SMILES string of the molecule is Cc1cc(S(=O)(=O)N2CCCC(CN)C2)ccc1Br.Cl. The van der Waals surface area contributed by atoms with Gasteiger partial charge in [-0.15, -0.1) is 12.4 Å². The lowest BCUT2D eigenvalue weighted by molar-refractivity contribution is 0.271. The first-order valence-electron chi connectivity index (χ1n) is 6.41. The highest BCUT2D eigenvalue weighted by molar-refractivity contribution is 9.10. The molecule has 0 bridgehead atoms. The Morgan fingerprint density at radius 1 is 1.45 bits per heavy atom. The van der Waals surface area contributed by atoms with Gasteiger partial charge in [-0.3, -0.25) is 0 Å². The van der Waals surface area contributed by atoms with Crippen molar-refractivity contribution < 1.29 is 8.42 Å². The van der Waals surface area contributed by atoms with Gasteiger partial charge in [-0.1, -0.05) is 15.9 Å². The van der Waals surface area contributed by atoms with Gasteiger partial charge in [0.05, 0.1) is 4.90 Å². The fraction of sp³-hybridized carbons (Fsp3) is 0.538. The van der Waals surface area contributed by atoms with Crippen LogP contribution in [0.1, 0.15) is 18.4 Å². The van der Waals surface area contributed by atoms with Crippen molar-refractivity contribution in [3.05, 3.63) is 28.2 Å². The third-order valence-corrected chi connectivity index (χ3v) is 6.33. The van der Waals surface area contributed by atoms with Crippen molar-refractivity contribution in [1.82, 2.24) is 4.31 Å². The lowest BCUT2D eigenvalue weighted by Gasteiger charge is -2.31. The molecule has 114 valence electrons. The number of halogens is 2. The van der Waals surface area contributed by atoms with Gasteiger partial charge in [0.25, 0.3) is 0 Å². The monoisotopic (exact) mass is 382 g/mol. The van der Waals surface area contributed by atoms with Crippen LogP contribution in [0, 0.1) is 12.8 Å². The van der Waals surface area contributed by atoms with Crippen LogP contribution in [0.15, 0.2) is 27.6 Å². The average Bonchev–Trinajstić information content (AvgIpc) is 2.41. The minimum atomic E-state index is -3.39. The fourth-order valence-corrected chi connectivity index (χ4v) is 4.25. The number of piperidine rings is 1. The van der Waals surface area contributed by atoms with Gasteiger partial charge in [-0.05, 0) is 56.0 Å².